The number of ether oxygens (including phenoxy) is 1. The van der Waals surface area contributed by atoms with Gasteiger partial charge < -0.3 is 9.84 Å². The summed E-state index contributed by atoms with van der Waals surface area (Å²) in [6.45, 7) is 2.30. The van der Waals surface area contributed by atoms with Gasteiger partial charge in [-0.15, -0.1) is 0 Å². The quantitative estimate of drug-likeness (QED) is 0.829. The summed E-state index contributed by atoms with van der Waals surface area (Å²) in [5, 5.41) is 12.8. The number of amidine groups is 1. The normalized spacial score (nSPS) is 16.4. The number of hydrogen-bond donors (Lipinski definition) is 2. The van der Waals surface area contributed by atoms with Crippen LogP contribution in [0.15, 0.2) is 28.9 Å². The maximum absolute atomic E-state index is 11.6. The molecule has 0 aromatic heterocycles. The summed E-state index contributed by atoms with van der Waals surface area (Å²) in [6, 6.07) is 4.90. The lowest BCUT2D eigenvalue weighted by atomic mass is 10.1. The molecule has 0 spiro atoms. The summed E-state index contributed by atoms with van der Waals surface area (Å²) >= 11 is 1.38. The van der Waals surface area contributed by atoms with E-state index >= 15 is 0 Å². The summed E-state index contributed by atoms with van der Waals surface area (Å²) in [6.07, 6.45) is 3.50. The number of nitrogens with zero attached hydrogens (tertiary/aromatic N) is 1. The minimum absolute atomic E-state index is 0.0770. The Morgan fingerprint density at radius 1 is 1.53 bits per heavy atom. The fourth-order valence-electron chi connectivity index (χ4n) is 1.59. The van der Waals surface area contributed by atoms with Crippen molar-refractivity contribution in [1.29, 1.82) is 0 Å². The number of carbonyl (C=O) groups excluding carboxylic acids is 1. The number of benzene rings is 1. The van der Waals surface area contributed by atoms with E-state index in [4.69, 9.17) is 4.74 Å². The molecule has 0 saturated carbocycles. The lowest BCUT2D eigenvalue weighted by Gasteiger charge is -2.06. The second-order valence-corrected chi connectivity index (χ2v) is 4.56. The van der Waals surface area contributed by atoms with Crippen LogP contribution in [0, 0.1) is 0 Å². The number of aliphatic imine (C=N–C) groups is 1. The molecular weight excluding hydrogens is 264 g/mol. The molecular formula is C13H14N2O3S. The van der Waals surface area contributed by atoms with Crippen LogP contribution in [0.2, 0.25) is 0 Å². The second kappa shape index (κ2) is 5.79. The molecule has 6 heteroatoms. The molecule has 0 bridgehead atoms. The Kier molecular flexibility index (Phi) is 4.11. The topological polar surface area (TPSA) is 70.9 Å². The SMILES string of the molecule is CCOc1cc(/C=C2\N=C(SC)NC2=O)ccc1O. The molecule has 1 heterocycles. The molecule has 1 amide bonds. The molecule has 5 nitrogen and oxygen atoms in total. The van der Waals surface area contributed by atoms with Gasteiger partial charge in [-0.1, -0.05) is 17.8 Å². The summed E-state index contributed by atoms with van der Waals surface area (Å²) in [7, 11) is 0. The molecule has 100 valence electrons. The maximum atomic E-state index is 11.6. The van der Waals surface area contributed by atoms with Crippen LogP contribution in [0.5, 0.6) is 11.5 Å². The van der Waals surface area contributed by atoms with E-state index in [2.05, 4.69) is 10.3 Å². The van der Waals surface area contributed by atoms with Crippen LogP contribution < -0.4 is 10.1 Å². The Balaban J connectivity index is 2.30. The van der Waals surface area contributed by atoms with E-state index in [1.54, 1.807) is 18.2 Å². The van der Waals surface area contributed by atoms with E-state index in [0.29, 0.717) is 23.2 Å². The van der Waals surface area contributed by atoms with Crippen LogP contribution in [0.3, 0.4) is 0 Å². The maximum Gasteiger partial charge on any atom is 0.275 e. The Bertz CT molecular complexity index is 567. The van der Waals surface area contributed by atoms with Gasteiger partial charge in [0.05, 0.1) is 6.61 Å². The van der Waals surface area contributed by atoms with Gasteiger partial charge in [-0.25, -0.2) is 4.99 Å². The molecule has 19 heavy (non-hydrogen) atoms. The lowest BCUT2D eigenvalue weighted by Crippen LogP contribution is -2.21. The minimum atomic E-state index is -0.226. The lowest BCUT2D eigenvalue weighted by molar-refractivity contribution is -0.115. The number of aromatic hydroxyl groups is 1. The van der Waals surface area contributed by atoms with Crippen molar-refractivity contribution in [3.63, 3.8) is 0 Å². The Morgan fingerprint density at radius 3 is 2.95 bits per heavy atom. The molecule has 0 aliphatic carbocycles. The number of phenols is 1. The molecule has 2 N–H and O–H groups in total. The van der Waals surface area contributed by atoms with E-state index in [9.17, 15) is 9.90 Å². The molecule has 1 aromatic rings. The van der Waals surface area contributed by atoms with E-state index < -0.39 is 0 Å². The van der Waals surface area contributed by atoms with Crippen LogP contribution >= 0.6 is 11.8 Å². The third-order valence-electron chi connectivity index (χ3n) is 2.46. The predicted molar refractivity (Wildman–Crippen MR) is 76.3 cm³/mol. The molecule has 0 fully saturated rings. The van der Waals surface area contributed by atoms with Gasteiger partial charge in [0.2, 0.25) is 0 Å². The number of rotatable bonds is 3. The first-order valence-electron chi connectivity index (χ1n) is 5.75. The third kappa shape index (κ3) is 3.08. The smallest absolute Gasteiger partial charge is 0.275 e. The zero-order valence-corrected chi connectivity index (χ0v) is 11.5. The molecule has 0 atom stereocenters. The van der Waals surface area contributed by atoms with E-state index in [-0.39, 0.29) is 11.7 Å². The highest BCUT2D eigenvalue weighted by Crippen LogP contribution is 2.28. The average molecular weight is 278 g/mol. The number of nitrogens with one attached hydrogen (secondary N) is 1. The Labute approximate surface area is 115 Å². The second-order valence-electron chi connectivity index (χ2n) is 3.76. The van der Waals surface area contributed by atoms with Crippen molar-refractivity contribution in [3.8, 4) is 11.5 Å². The van der Waals surface area contributed by atoms with Gasteiger partial charge in [0.25, 0.3) is 5.91 Å². The van der Waals surface area contributed by atoms with E-state index in [1.165, 1.54) is 17.8 Å². The Morgan fingerprint density at radius 2 is 2.32 bits per heavy atom. The highest BCUT2D eigenvalue weighted by Gasteiger charge is 2.19. The predicted octanol–water partition coefficient (Wildman–Crippen LogP) is 1.98. The number of phenolic OH excluding ortho intramolecular Hbond substituents is 1. The Hall–Kier alpha value is -1.95. The van der Waals surface area contributed by atoms with Crippen LogP contribution in [0.1, 0.15) is 12.5 Å². The van der Waals surface area contributed by atoms with Gasteiger partial charge >= 0.3 is 0 Å². The van der Waals surface area contributed by atoms with Gasteiger partial charge in [-0.3, -0.25) is 10.1 Å². The number of amides is 1. The molecule has 2 rings (SSSR count). The number of thioether (sulfide) groups is 1. The van der Waals surface area contributed by atoms with Gasteiger partial charge in [0, 0.05) is 0 Å². The first-order valence-corrected chi connectivity index (χ1v) is 6.98. The van der Waals surface area contributed by atoms with Crippen LogP contribution in [-0.2, 0) is 4.79 Å². The first kappa shape index (κ1) is 13.5. The third-order valence-corrected chi connectivity index (χ3v) is 3.04. The van der Waals surface area contributed by atoms with Crippen molar-refractivity contribution in [2.24, 2.45) is 4.99 Å². The summed E-state index contributed by atoms with van der Waals surface area (Å²) < 4.78 is 5.29. The molecule has 1 aliphatic heterocycles. The molecule has 0 unspecified atom stereocenters. The van der Waals surface area contributed by atoms with Gasteiger partial charge in [-0.2, -0.15) is 0 Å². The standard InChI is InChI=1S/C13H14N2O3S/c1-3-18-11-7-8(4-5-10(11)16)6-9-12(17)15-13(14-9)19-2/h4-7,16H,3H2,1-2H3,(H,14,15,17)/b9-6-. The monoisotopic (exact) mass is 278 g/mol. The van der Waals surface area contributed by atoms with E-state index in [1.807, 2.05) is 13.2 Å². The fraction of sp³-hybridized carbons (Fsp3) is 0.231. The van der Waals surface area contributed by atoms with Gasteiger partial charge in [0.1, 0.15) is 5.70 Å². The highest BCUT2D eigenvalue weighted by molar-refractivity contribution is 8.13. The van der Waals surface area contributed by atoms with Crippen molar-refractivity contribution in [2.45, 2.75) is 6.92 Å². The van der Waals surface area contributed by atoms with Crippen LogP contribution in [0.25, 0.3) is 6.08 Å². The molecule has 1 aromatic carbocycles. The van der Waals surface area contributed by atoms with Crippen molar-refractivity contribution < 1.29 is 14.6 Å². The highest BCUT2D eigenvalue weighted by atomic mass is 32.2. The van der Waals surface area contributed by atoms with Crippen molar-refractivity contribution >= 4 is 28.9 Å². The number of hydrogen-bond acceptors (Lipinski definition) is 5. The van der Waals surface area contributed by atoms with E-state index in [0.717, 1.165) is 5.56 Å². The first-order chi connectivity index (χ1) is 9.13. The fourth-order valence-corrected chi connectivity index (χ4v) is 1.98. The largest absolute Gasteiger partial charge is 0.504 e. The minimum Gasteiger partial charge on any atom is -0.504 e. The van der Waals surface area contributed by atoms with Crippen LogP contribution in [-0.4, -0.2) is 29.0 Å². The zero-order chi connectivity index (χ0) is 13.8. The summed E-state index contributed by atoms with van der Waals surface area (Å²) in [5.41, 5.74) is 1.09. The summed E-state index contributed by atoms with van der Waals surface area (Å²) in [5.74, 6) is 0.243. The molecule has 1 aliphatic rings. The molecule has 0 saturated heterocycles. The average Bonchev–Trinajstić information content (AvgIpc) is 2.75. The van der Waals surface area contributed by atoms with Crippen molar-refractivity contribution in [1.82, 2.24) is 5.32 Å². The molecule has 0 radical (unpaired) electrons. The van der Waals surface area contributed by atoms with Gasteiger partial charge in [-0.05, 0) is 37.0 Å². The number of carbonyl (C=O) groups is 1. The van der Waals surface area contributed by atoms with Crippen molar-refractivity contribution in [3.05, 3.63) is 29.5 Å². The summed E-state index contributed by atoms with van der Waals surface area (Å²) in [4.78, 5) is 15.8. The van der Waals surface area contributed by atoms with Crippen LogP contribution in [0.4, 0.5) is 0 Å². The van der Waals surface area contributed by atoms with Gasteiger partial charge in [0.15, 0.2) is 16.7 Å². The van der Waals surface area contributed by atoms with Crippen molar-refractivity contribution in [2.75, 3.05) is 12.9 Å². The zero-order valence-electron chi connectivity index (χ0n) is 10.6.